The minimum absolute atomic E-state index is 0.0741. The first-order valence-electron chi connectivity index (χ1n) is 5.99. The van der Waals surface area contributed by atoms with Crippen LogP contribution in [0, 0.1) is 0 Å². The minimum atomic E-state index is -0.214. The molecule has 6 heteroatoms. The van der Waals surface area contributed by atoms with Crippen molar-refractivity contribution >= 4 is 23.3 Å². The van der Waals surface area contributed by atoms with Crippen LogP contribution in [0.2, 0.25) is 0 Å². The fourth-order valence-corrected chi connectivity index (χ4v) is 2.39. The monoisotopic (exact) mass is 246 g/mol. The van der Waals surface area contributed by atoms with Gasteiger partial charge < -0.3 is 5.32 Å². The van der Waals surface area contributed by atoms with Crippen LogP contribution in [0.25, 0.3) is 0 Å². The number of aromatic nitrogens is 2. The lowest BCUT2D eigenvalue weighted by atomic mass is 10.1. The second kappa shape index (κ2) is 3.97. The van der Waals surface area contributed by atoms with Crippen LogP contribution >= 0.6 is 0 Å². The fraction of sp³-hybridized carbons (Fsp3) is 0.417. The highest BCUT2D eigenvalue weighted by atomic mass is 16.2. The number of hydrogen-bond acceptors (Lipinski definition) is 4. The first kappa shape index (κ1) is 11.0. The number of fused-ring (bicyclic) bond motifs is 1. The Hall–Kier alpha value is -2.11. The first-order valence-corrected chi connectivity index (χ1v) is 5.99. The Morgan fingerprint density at radius 1 is 1.39 bits per heavy atom. The molecule has 1 N–H and O–H groups in total. The highest BCUT2D eigenvalue weighted by molar-refractivity contribution is 6.13. The summed E-state index contributed by atoms with van der Waals surface area (Å²) in [4.78, 5) is 24.5. The van der Waals surface area contributed by atoms with Crippen LogP contribution in [0.5, 0.6) is 0 Å². The molecule has 1 amide bonds. The maximum absolute atomic E-state index is 11.9. The smallest absolute Gasteiger partial charge is 0.240 e. The van der Waals surface area contributed by atoms with Gasteiger partial charge in [-0.05, 0) is 18.9 Å². The number of nitrogens with zero attached hydrogens (tertiary/aromatic N) is 3. The van der Waals surface area contributed by atoms with E-state index in [4.69, 9.17) is 0 Å². The van der Waals surface area contributed by atoms with Gasteiger partial charge in [0.25, 0.3) is 0 Å². The topological polar surface area (TPSA) is 67.2 Å². The molecule has 3 heterocycles. The second-order valence-corrected chi connectivity index (χ2v) is 4.53. The van der Waals surface area contributed by atoms with Crippen LogP contribution in [0.1, 0.15) is 18.4 Å². The summed E-state index contributed by atoms with van der Waals surface area (Å²) in [5.74, 6) is 1.25. The van der Waals surface area contributed by atoms with Gasteiger partial charge in [-0.25, -0.2) is 0 Å². The second-order valence-electron chi connectivity index (χ2n) is 4.53. The molecule has 0 spiro atoms. The minimum Gasteiger partial charge on any atom is -0.370 e. The van der Waals surface area contributed by atoms with E-state index in [0.717, 1.165) is 30.8 Å². The Morgan fingerprint density at radius 3 is 3.00 bits per heavy atom. The summed E-state index contributed by atoms with van der Waals surface area (Å²) in [6.45, 7) is 0.925. The predicted molar refractivity (Wildman–Crippen MR) is 66.3 cm³/mol. The summed E-state index contributed by atoms with van der Waals surface area (Å²) in [7, 11) is 1.85. The Balaban J connectivity index is 2.05. The summed E-state index contributed by atoms with van der Waals surface area (Å²) < 4.78 is 1.75. The molecule has 0 radical (unpaired) electrons. The third kappa shape index (κ3) is 1.61. The number of allylic oxidation sites excluding steroid dienone is 1. The van der Waals surface area contributed by atoms with E-state index in [1.165, 1.54) is 17.2 Å². The molecule has 18 heavy (non-hydrogen) atoms. The molecular formula is C12H14N4O2. The molecule has 0 saturated carbocycles. The first-order chi connectivity index (χ1) is 8.66. The Morgan fingerprint density at radius 2 is 2.22 bits per heavy atom. The molecule has 0 saturated heterocycles. The number of rotatable bonds is 1. The molecular weight excluding hydrogens is 232 g/mol. The molecule has 0 fully saturated rings. The maximum atomic E-state index is 11.9. The van der Waals surface area contributed by atoms with Gasteiger partial charge in [-0.1, -0.05) is 0 Å². The van der Waals surface area contributed by atoms with E-state index in [0.29, 0.717) is 5.82 Å². The number of hydrogen-bond donors (Lipinski definition) is 1. The molecule has 0 atom stereocenters. The van der Waals surface area contributed by atoms with Crippen LogP contribution in [0.3, 0.4) is 0 Å². The van der Waals surface area contributed by atoms with Crippen molar-refractivity contribution in [2.75, 3.05) is 16.8 Å². The van der Waals surface area contributed by atoms with Gasteiger partial charge in [-0.3, -0.25) is 19.2 Å². The summed E-state index contributed by atoms with van der Waals surface area (Å²) in [6, 6.07) is 0. The van der Waals surface area contributed by atoms with E-state index in [-0.39, 0.29) is 18.1 Å². The molecule has 0 bridgehead atoms. The number of ketones is 1. The van der Waals surface area contributed by atoms with Crippen molar-refractivity contribution in [1.82, 2.24) is 9.78 Å². The molecule has 6 nitrogen and oxygen atoms in total. The molecule has 0 unspecified atom stereocenters. The van der Waals surface area contributed by atoms with Crippen molar-refractivity contribution in [3.8, 4) is 0 Å². The van der Waals surface area contributed by atoms with Crippen molar-refractivity contribution < 1.29 is 9.59 Å². The van der Waals surface area contributed by atoms with Crippen molar-refractivity contribution in [1.29, 1.82) is 0 Å². The normalized spacial score (nSPS) is 18.8. The number of aryl methyl sites for hydroxylation is 1. The van der Waals surface area contributed by atoms with E-state index in [9.17, 15) is 9.59 Å². The van der Waals surface area contributed by atoms with Gasteiger partial charge in [0.05, 0.1) is 6.42 Å². The molecule has 0 aliphatic carbocycles. The van der Waals surface area contributed by atoms with Gasteiger partial charge in [0.1, 0.15) is 5.82 Å². The summed E-state index contributed by atoms with van der Waals surface area (Å²) in [5, 5.41) is 7.67. The Labute approximate surface area is 104 Å². The van der Waals surface area contributed by atoms with Gasteiger partial charge >= 0.3 is 0 Å². The van der Waals surface area contributed by atoms with Crippen molar-refractivity contribution in [2.45, 2.75) is 19.3 Å². The zero-order valence-electron chi connectivity index (χ0n) is 10.1. The van der Waals surface area contributed by atoms with Gasteiger partial charge in [-0.15, -0.1) is 0 Å². The average molecular weight is 246 g/mol. The molecule has 1 aromatic heterocycles. The third-order valence-electron chi connectivity index (χ3n) is 3.25. The predicted octanol–water partition coefficient (Wildman–Crippen LogP) is 0.598. The Bertz CT molecular complexity index is 559. The molecule has 94 valence electrons. The van der Waals surface area contributed by atoms with E-state index in [1.54, 1.807) is 4.68 Å². The number of anilines is 2. The largest absolute Gasteiger partial charge is 0.370 e. The number of amides is 1. The number of nitrogens with one attached hydrogen (secondary N) is 1. The van der Waals surface area contributed by atoms with E-state index < -0.39 is 0 Å². The quantitative estimate of drug-likeness (QED) is 0.737. The van der Waals surface area contributed by atoms with Crippen molar-refractivity contribution in [3.05, 3.63) is 17.8 Å². The van der Waals surface area contributed by atoms with Crippen LogP contribution in [-0.4, -0.2) is 28.0 Å². The zero-order valence-corrected chi connectivity index (χ0v) is 10.1. The van der Waals surface area contributed by atoms with Crippen molar-refractivity contribution in [2.24, 2.45) is 7.05 Å². The lowest BCUT2D eigenvalue weighted by molar-refractivity contribution is -0.124. The SMILES string of the molecule is Cn1nc(N2C=CC(=O)CC2=O)c2c1NCCC2. The number of carbonyl (C=O) groups excluding carboxylic acids is 2. The third-order valence-corrected chi connectivity index (χ3v) is 3.25. The molecule has 1 aromatic rings. The fourth-order valence-electron chi connectivity index (χ4n) is 2.39. The maximum Gasteiger partial charge on any atom is 0.240 e. The Kier molecular flexibility index (Phi) is 2.43. The van der Waals surface area contributed by atoms with Gasteiger partial charge in [0, 0.05) is 25.4 Å². The summed E-state index contributed by atoms with van der Waals surface area (Å²) in [5.41, 5.74) is 1.05. The van der Waals surface area contributed by atoms with Crippen LogP contribution in [-0.2, 0) is 23.1 Å². The van der Waals surface area contributed by atoms with Crippen LogP contribution in [0.15, 0.2) is 12.3 Å². The molecule has 3 rings (SSSR count). The molecule has 2 aliphatic rings. The van der Waals surface area contributed by atoms with Crippen LogP contribution in [0.4, 0.5) is 11.6 Å². The summed E-state index contributed by atoms with van der Waals surface area (Å²) in [6.07, 6.45) is 4.80. The van der Waals surface area contributed by atoms with Crippen molar-refractivity contribution in [3.63, 3.8) is 0 Å². The molecule has 2 aliphatic heterocycles. The zero-order chi connectivity index (χ0) is 12.7. The van der Waals surface area contributed by atoms with Gasteiger partial charge in [0.2, 0.25) is 5.91 Å². The van der Waals surface area contributed by atoms with E-state index in [2.05, 4.69) is 10.4 Å². The van der Waals surface area contributed by atoms with E-state index in [1.807, 2.05) is 7.05 Å². The number of carbonyl (C=O) groups is 2. The highest BCUT2D eigenvalue weighted by Gasteiger charge is 2.28. The summed E-state index contributed by atoms with van der Waals surface area (Å²) >= 11 is 0. The van der Waals surface area contributed by atoms with Crippen LogP contribution < -0.4 is 10.2 Å². The highest BCUT2D eigenvalue weighted by Crippen LogP contribution is 2.31. The van der Waals surface area contributed by atoms with Gasteiger partial charge in [0.15, 0.2) is 11.6 Å². The average Bonchev–Trinajstić information content (AvgIpc) is 2.68. The molecule has 0 aromatic carbocycles. The standard InChI is InChI=1S/C12H14N4O2/c1-15-11-9(3-2-5-13-11)12(14-15)16-6-4-8(17)7-10(16)18/h4,6,13H,2-3,5,7H2,1H3. The lowest BCUT2D eigenvalue weighted by Gasteiger charge is -2.21. The lowest BCUT2D eigenvalue weighted by Crippen LogP contribution is -2.32. The van der Waals surface area contributed by atoms with E-state index >= 15 is 0 Å². The van der Waals surface area contributed by atoms with Gasteiger partial charge in [-0.2, -0.15) is 5.10 Å².